The predicted molar refractivity (Wildman–Crippen MR) is 103 cm³/mol. The van der Waals surface area contributed by atoms with Crippen molar-refractivity contribution in [1.82, 2.24) is 9.88 Å². The fraction of sp³-hybridized carbons (Fsp3) is 0.0909. The molecule has 2 aromatic carbocycles. The molecule has 128 valence electrons. The first kappa shape index (κ1) is 17.2. The van der Waals surface area contributed by atoms with E-state index in [2.05, 4.69) is 18.0 Å². The zero-order chi connectivity index (χ0) is 18.5. The Hall–Kier alpha value is -3.58. The Morgan fingerprint density at radius 2 is 1.81 bits per heavy atom. The van der Waals surface area contributed by atoms with E-state index in [1.54, 1.807) is 25.3 Å². The molecule has 1 heterocycles. The summed E-state index contributed by atoms with van der Waals surface area (Å²) in [5, 5.41) is 12.7. The number of nitrogens with one attached hydrogen (secondary N) is 1. The molecule has 0 fully saturated rings. The average molecular weight is 341 g/mol. The largest absolute Gasteiger partial charge is 0.381 e. The van der Waals surface area contributed by atoms with Gasteiger partial charge in [0.25, 0.3) is 0 Å². The van der Waals surface area contributed by atoms with Crippen molar-refractivity contribution in [2.45, 2.75) is 13.5 Å². The molecule has 26 heavy (non-hydrogen) atoms. The van der Waals surface area contributed by atoms with Gasteiger partial charge in [0.05, 0.1) is 5.56 Å². The first-order valence-electron chi connectivity index (χ1n) is 8.29. The molecule has 0 bridgehead atoms. The summed E-state index contributed by atoms with van der Waals surface area (Å²) in [6.45, 7) is 6.26. The maximum atomic E-state index is 11.4. The maximum Gasteiger partial charge on any atom is 0.159 e. The number of benzene rings is 2. The number of nitrogens with zero attached hydrogens (tertiary/aromatic N) is 2. The molecule has 0 unspecified atom stereocenters. The predicted octanol–water partition coefficient (Wildman–Crippen LogP) is 4.31. The van der Waals surface area contributed by atoms with Crippen molar-refractivity contribution in [3.05, 3.63) is 95.8 Å². The van der Waals surface area contributed by atoms with Crippen LogP contribution in [-0.4, -0.2) is 10.4 Å². The van der Waals surface area contributed by atoms with Gasteiger partial charge in [-0.15, -0.1) is 0 Å². The highest BCUT2D eigenvalue weighted by Crippen LogP contribution is 2.21. The second kappa shape index (κ2) is 7.54. The minimum absolute atomic E-state index is 0.0287. The van der Waals surface area contributed by atoms with E-state index in [0.717, 1.165) is 16.8 Å². The molecule has 0 aliphatic carbocycles. The van der Waals surface area contributed by atoms with Crippen LogP contribution >= 0.6 is 0 Å². The standard InChI is InChI=1S/C22H19N3O/c1-16(24-13-18-6-4-3-5-7-18)22-15-25(14-20(22)12-23)21-10-8-19(9-11-21)17(2)26/h3-11,14-15,24H,1,13H2,2H3. The van der Waals surface area contributed by atoms with Crippen LogP contribution in [0.5, 0.6) is 0 Å². The van der Waals surface area contributed by atoms with Crippen LogP contribution in [0, 0.1) is 11.3 Å². The van der Waals surface area contributed by atoms with Crippen LogP contribution in [0.1, 0.15) is 34.0 Å². The third kappa shape index (κ3) is 3.73. The van der Waals surface area contributed by atoms with Crippen LogP contribution < -0.4 is 5.32 Å². The second-order valence-electron chi connectivity index (χ2n) is 6.03. The molecule has 1 N–H and O–H groups in total. The number of aromatic nitrogens is 1. The van der Waals surface area contributed by atoms with Crippen LogP contribution in [0.3, 0.4) is 0 Å². The number of carbonyl (C=O) groups excluding carboxylic acids is 1. The topological polar surface area (TPSA) is 57.8 Å². The quantitative estimate of drug-likeness (QED) is 0.680. The van der Waals surface area contributed by atoms with Crippen molar-refractivity contribution >= 4 is 11.5 Å². The van der Waals surface area contributed by atoms with Crippen molar-refractivity contribution in [3.8, 4) is 11.8 Å². The summed E-state index contributed by atoms with van der Waals surface area (Å²) >= 11 is 0. The molecule has 0 amide bonds. The fourth-order valence-electron chi connectivity index (χ4n) is 2.70. The first-order chi connectivity index (χ1) is 12.6. The van der Waals surface area contributed by atoms with Gasteiger partial charge in [-0.2, -0.15) is 5.26 Å². The molecule has 0 saturated heterocycles. The van der Waals surface area contributed by atoms with E-state index in [4.69, 9.17) is 0 Å². The summed E-state index contributed by atoms with van der Waals surface area (Å²) in [4.78, 5) is 11.4. The summed E-state index contributed by atoms with van der Waals surface area (Å²) in [5.41, 5.74) is 4.70. The Labute approximate surface area is 153 Å². The molecule has 0 atom stereocenters. The summed E-state index contributed by atoms with van der Waals surface area (Å²) in [7, 11) is 0. The number of rotatable bonds is 6. The van der Waals surface area contributed by atoms with Gasteiger partial charge in [-0.05, 0) is 36.8 Å². The molecule has 0 saturated carbocycles. The van der Waals surface area contributed by atoms with Crippen LogP contribution in [0.2, 0.25) is 0 Å². The van der Waals surface area contributed by atoms with Gasteiger partial charge in [-0.1, -0.05) is 36.9 Å². The van der Waals surface area contributed by atoms with E-state index in [-0.39, 0.29) is 5.78 Å². The molecule has 0 aliphatic rings. The van der Waals surface area contributed by atoms with Gasteiger partial charge in [-0.25, -0.2) is 0 Å². The van der Waals surface area contributed by atoms with Gasteiger partial charge in [0.2, 0.25) is 0 Å². The van der Waals surface area contributed by atoms with Crippen molar-refractivity contribution in [2.75, 3.05) is 0 Å². The lowest BCUT2D eigenvalue weighted by molar-refractivity contribution is 0.101. The van der Waals surface area contributed by atoms with E-state index in [1.165, 1.54) is 0 Å². The molecule has 4 nitrogen and oxygen atoms in total. The van der Waals surface area contributed by atoms with Gasteiger partial charge < -0.3 is 9.88 Å². The van der Waals surface area contributed by atoms with E-state index < -0.39 is 0 Å². The Morgan fingerprint density at radius 1 is 1.12 bits per heavy atom. The Bertz CT molecular complexity index is 976. The number of hydrogen-bond donors (Lipinski definition) is 1. The molecule has 3 rings (SSSR count). The van der Waals surface area contributed by atoms with Crippen LogP contribution in [0.4, 0.5) is 0 Å². The first-order valence-corrected chi connectivity index (χ1v) is 8.29. The molecule has 0 aliphatic heterocycles. The molecule has 0 spiro atoms. The number of Topliss-reactive ketones (excluding diaryl/α,β-unsaturated/α-hetero) is 1. The zero-order valence-electron chi connectivity index (χ0n) is 14.6. The zero-order valence-corrected chi connectivity index (χ0v) is 14.6. The Morgan fingerprint density at radius 3 is 2.42 bits per heavy atom. The molecular weight excluding hydrogens is 322 g/mol. The SMILES string of the molecule is C=C(NCc1ccccc1)c1cn(-c2ccc(C(C)=O)cc2)cc1C#N. The van der Waals surface area contributed by atoms with Gasteiger partial charge in [0.15, 0.2) is 5.78 Å². The summed E-state index contributed by atoms with van der Waals surface area (Å²) in [6, 6.07) is 19.5. The summed E-state index contributed by atoms with van der Waals surface area (Å²) in [6.07, 6.45) is 3.65. The number of ketones is 1. The van der Waals surface area contributed by atoms with E-state index in [9.17, 15) is 10.1 Å². The molecule has 4 heteroatoms. The van der Waals surface area contributed by atoms with E-state index in [0.29, 0.717) is 23.4 Å². The molecule has 1 aromatic heterocycles. The smallest absolute Gasteiger partial charge is 0.159 e. The lowest BCUT2D eigenvalue weighted by atomic mass is 10.1. The van der Waals surface area contributed by atoms with Gasteiger partial charge >= 0.3 is 0 Å². The summed E-state index contributed by atoms with van der Waals surface area (Å²) in [5.74, 6) is 0.0287. The third-order valence-corrected chi connectivity index (χ3v) is 4.19. The molecular formula is C22H19N3O. The number of nitriles is 1. The van der Waals surface area contributed by atoms with Gasteiger partial charge in [0, 0.05) is 41.4 Å². The lowest BCUT2D eigenvalue weighted by Crippen LogP contribution is -2.11. The van der Waals surface area contributed by atoms with Crippen molar-refractivity contribution in [3.63, 3.8) is 0 Å². The Balaban J connectivity index is 1.81. The normalized spacial score (nSPS) is 10.2. The van der Waals surface area contributed by atoms with Gasteiger partial charge in [0.1, 0.15) is 6.07 Å². The maximum absolute atomic E-state index is 11.4. The van der Waals surface area contributed by atoms with Crippen molar-refractivity contribution in [1.29, 1.82) is 5.26 Å². The number of hydrogen-bond acceptors (Lipinski definition) is 3. The van der Waals surface area contributed by atoms with E-state index >= 15 is 0 Å². The molecule has 3 aromatic rings. The van der Waals surface area contributed by atoms with Gasteiger partial charge in [-0.3, -0.25) is 4.79 Å². The van der Waals surface area contributed by atoms with Crippen LogP contribution in [0.15, 0.2) is 73.6 Å². The minimum atomic E-state index is 0.0287. The highest BCUT2D eigenvalue weighted by molar-refractivity contribution is 5.94. The van der Waals surface area contributed by atoms with Crippen molar-refractivity contribution in [2.24, 2.45) is 0 Å². The van der Waals surface area contributed by atoms with E-state index in [1.807, 2.05) is 53.2 Å². The second-order valence-corrected chi connectivity index (χ2v) is 6.03. The average Bonchev–Trinajstić information content (AvgIpc) is 3.11. The molecule has 0 radical (unpaired) electrons. The highest BCUT2D eigenvalue weighted by atomic mass is 16.1. The lowest BCUT2D eigenvalue weighted by Gasteiger charge is -2.09. The Kier molecular flexibility index (Phi) is 5.00. The minimum Gasteiger partial charge on any atom is -0.381 e. The monoisotopic (exact) mass is 341 g/mol. The fourth-order valence-corrected chi connectivity index (χ4v) is 2.70. The van der Waals surface area contributed by atoms with Crippen LogP contribution in [-0.2, 0) is 6.54 Å². The third-order valence-electron chi connectivity index (χ3n) is 4.19. The van der Waals surface area contributed by atoms with Crippen molar-refractivity contribution < 1.29 is 4.79 Å². The van der Waals surface area contributed by atoms with Crippen LogP contribution in [0.25, 0.3) is 11.4 Å². The number of carbonyl (C=O) groups is 1. The highest BCUT2D eigenvalue weighted by Gasteiger charge is 2.11. The summed E-state index contributed by atoms with van der Waals surface area (Å²) < 4.78 is 1.87.